The summed E-state index contributed by atoms with van der Waals surface area (Å²) in [5.74, 6) is 0.266. The van der Waals surface area contributed by atoms with Crippen LogP contribution in [-0.2, 0) is 0 Å². The van der Waals surface area contributed by atoms with Crippen LogP contribution in [0.1, 0.15) is 39.9 Å². The quantitative estimate of drug-likeness (QED) is 0.484. The lowest BCUT2D eigenvalue weighted by molar-refractivity contribution is 0.0681. The van der Waals surface area contributed by atoms with Crippen molar-refractivity contribution in [3.05, 3.63) is 75.1 Å². The zero-order valence-electron chi connectivity index (χ0n) is 16.1. The molecule has 0 unspecified atom stereocenters. The van der Waals surface area contributed by atoms with E-state index in [2.05, 4.69) is 6.07 Å². The maximum atomic E-state index is 12.9. The van der Waals surface area contributed by atoms with E-state index < -0.39 is 0 Å². The molecule has 1 aliphatic heterocycles. The van der Waals surface area contributed by atoms with Crippen molar-refractivity contribution in [2.75, 3.05) is 13.1 Å². The summed E-state index contributed by atoms with van der Waals surface area (Å²) in [6.07, 6.45) is 1.73. The molecule has 0 aliphatic carbocycles. The number of piperidine rings is 1. The van der Waals surface area contributed by atoms with E-state index in [0.29, 0.717) is 30.0 Å². The molecule has 1 aliphatic rings. The smallest absolute Gasteiger partial charge is 0.289 e. The average Bonchev–Trinajstić information content (AvgIpc) is 3.17. The topological polar surface area (TPSA) is 63.4 Å². The number of carbonyl (C=O) groups excluding carboxylic acids is 1. The summed E-state index contributed by atoms with van der Waals surface area (Å²) < 4.78 is 6.99. The third-order valence-corrected chi connectivity index (χ3v) is 6.74. The fourth-order valence-corrected chi connectivity index (χ4v) is 5.05. The van der Waals surface area contributed by atoms with E-state index in [9.17, 15) is 9.59 Å². The number of carbonyl (C=O) groups is 1. The number of aryl methyl sites for hydroxylation is 1. The highest BCUT2D eigenvalue weighted by atomic mass is 32.1. The predicted molar refractivity (Wildman–Crippen MR) is 115 cm³/mol. The number of hydrogen-bond acceptors (Lipinski definition) is 5. The van der Waals surface area contributed by atoms with E-state index in [0.717, 1.165) is 28.9 Å². The molecule has 0 spiro atoms. The third-order valence-electron chi connectivity index (χ3n) is 5.54. The number of para-hydroxylation sites is 1. The van der Waals surface area contributed by atoms with E-state index in [4.69, 9.17) is 9.40 Å². The van der Waals surface area contributed by atoms with Gasteiger partial charge < -0.3 is 9.32 Å². The van der Waals surface area contributed by atoms with Gasteiger partial charge in [-0.2, -0.15) is 0 Å². The minimum absolute atomic E-state index is 0.117. The summed E-state index contributed by atoms with van der Waals surface area (Å²) >= 11 is 1.74. The average molecular weight is 404 g/mol. The van der Waals surface area contributed by atoms with E-state index >= 15 is 0 Å². The molecule has 0 atom stereocenters. The molecular formula is C23H20N2O3S. The summed E-state index contributed by atoms with van der Waals surface area (Å²) in [4.78, 5) is 31.9. The summed E-state index contributed by atoms with van der Waals surface area (Å²) in [5, 5.41) is 1.65. The molecule has 146 valence electrons. The maximum absolute atomic E-state index is 12.9. The summed E-state index contributed by atoms with van der Waals surface area (Å²) in [6, 6.07) is 14.9. The Kier molecular flexibility index (Phi) is 4.43. The van der Waals surface area contributed by atoms with E-state index in [1.165, 1.54) is 10.8 Å². The largest absolute Gasteiger partial charge is 0.451 e. The van der Waals surface area contributed by atoms with Gasteiger partial charge in [-0.05, 0) is 49.6 Å². The first-order chi connectivity index (χ1) is 14.1. The Morgan fingerprint density at radius 2 is 1.93 bits per heavy atom. The number of thiazole rings is 1. The van der Waals surface area contributed by atoms with Gasteiger partial charge in [-0.3, -0.25) is 9.59 Å². The molecule has 5 nitrogen and oxygen atoms in total. The van der Waals surface area contributed by atoms with E-state index in [1.54, 1.807) is 28.4 Å². The molecule has 6 heteroatoms. The van der Waals surface area contributed by atoms with Crippen molar-refractivity contribution >= 4 is 38.4 Å². The molecule has 1 saturated heterocycles. The fraction of sp³-hybridized carbons (Fsp3) is 0.261. The minimum Gasteiger partial charge on any atom is -0.451 e. The lowest BCUT2D eigenvalue weighted by atomic mass is 9.97. The van der Waals surface area contributed by atoms with Crippen LogP contribution in [0, 0.1) is 6.92 Å². The van der Waals surface area contributed by atoms with Gasteiger partial charge >= 0.3 is 0 Å². The van der Waals surface area contributed by atoms with Crippen molar-refractivity contribution < 1.29 is 9.21 Å². The molecule has 1 amide bonds. The number of hydrogen-bond donors (Lipinski definition) is 0. The van der Waals surface area contributed by atoms with Gasteiger partial charge in [0.2, 0.25) is 0 Å². The Hall–Kier alpha value is -2.99. The first-order valence-corrected chi connectivity index (χ1v) is 10.6. The second-order valence-electron chi connectivity index (χ2n) is 7.56. The number of aromatic nitrogens is 1. The zero-order valence-corrected chi connectivity index (χ0v) is 16.9. The molecule has 1 fully saturated rings. The normalized spacial score (nSPS) is 15.3. The summed E-state index contributed by atoms with van der Waals surface area (Å²) in [5.41, 5.74) is 2.31. The number of fused-ring (bicyclic) bond motifs is 2. The molecule has 5 rings (SSSR count). The van der Waals surface area contributed by atoms with Crippen molar-refractivity contribution in [2.24, 2.45) is 0 Å². The number of likely N-dealkylation sites (tertiary alicyclic amines) is 1. The minimum atomic E-state index is -0.215. The second-order valence-corrected chi connectivity index (χ2v) is 8.62. The molecule has 3 heterocycles. The molecule has 2 aromatic carbocycles. The van der Waals surface area contributed by atoms with Crippen LogP contribution in [0.2, 0.25) is 0 Å². The van der Waals surface area contributed by atoms with Gasteiger partial charge in [0.1, 0.15) is 5.58 Å². The Bertz CT molecular complexity index is 1250. The van der Waals surface area contributed by atoms with Crippen LogP contribution < -0.4 is 5.43 Å². The van der Waals surface area contributed by atoms with Crippen LogP contribution in [0.5, 0.6) is 0 Å². The second kappa shape index (κ2) is 7.12. The van der Waals surface area contributed by atoms with Gasteiger partial charge in [0.15, 0.2) is 11.2 Å². The molecule has 2 aromatic heterocycles. The molecule has 29 heavy (non-hydrogen) atoms. The van der Waals surface area contributed by atoms with Gasteiger partial charge in [-0.15, -0.1) is 11.3 Å². The van der Waals surface area contributed by atoms with Crippen LogP contribution in [0.15, 0.2) is 57.7 Å². The van der Waals surface area contributed by atoms with Crippen LogP contribution in [0.4, 0.5) is 0 Å². The van der Waals surface area contributed by atoms with Crippen LogP contribution in [-0.4, -0.2) is 28.9 Å². The van der Waals surface area contributed by atoms with Crippen molar-refractivity contribution in [3.63, 3.8) is 0 Å². The molecule has 0 N–H and O–H groups in total. The fourth-order valence-electron chi connectivity index (χ4n) is 3.92. The highest BCUT2D eigenvalue weighted by Crippen LogP contribution is 2.34. The number of benzene rings is 2. The SMILES string of the molecule is Cc1ccc2c(=O)cc(C(=O)N3CCC(c4nc5ccccc5s4)CC3)oc2c1. The number of nitrogens with zero attached hydrogens (tertiary/aromatic N) is 2. The Morgan fingerprint density at radius 1 is 1.14 bits per heavy atom. The lowest BCUT2D eigenvalue weighted by Gasteiger charge is -2.30. The zero-order chi connectivity index (χ0) is 20.0. The predicted octanol–water partition coefficient (Wildman–Crippen LogP) is 4.73. The van der Waals surface area contributed by atoms with Crippen molar-refractivity contribution in [3.8, 4) is 0 Å². The Morgan fingerprint density at radius 3 is 2.72 bits per heavy atom. The highest BCUT2D eigenvalue weighted by molar-refractivity contribution is 7.18. The van der Waals surface area contributed by atoms with Crippen LogP contribution in [0.3, 0.4) is 0 Å². The standard InChI is InChI=1S/C23H20N2O3S/c1-14-6-7-16-18(26)13-20(28-19(16)12-14)23(27)25-10-8-15(9-11-25)22-24-17-4-2-3-5-21(17)29-22/h2-7,12-13,15H,8-11H2,1H3. The molecule has 0 bridgehead atoms. The third kappa shape index (κ3) is 3.34. The van der Waals surface area contributed by atoms with Crippen LogP contribution in [0.25, 0.3) is 21.2 Å². The van der Waals surface area contributed by atoms with Crippen molar-refractivity contribution in [2.45, 2.75) is 25.7 Å². The first-order valence-electron chi connectivity index (χ1n) is 9.78. The highest BCUT2D eigenvalue weighted by Gasteiger charge is 2.28. The van der Waals surface area contributed by atoms with Gasteiger partial charge in [0.25, 0.3) is 5.91 Å². The molecule has 0 radical (unpaired) electrons. The van der Waals surface area contributed by atoms with Gasteiger partial charge in [-0.25, -0.2) is 4.98 Å². The Labute approximate surface area is 171 Å². The van der Waals surface area contributed by atoms with Crippen molar-refractivity contribution in [1.29, 1.82) is 0 Å². The number of rotatable bonds is 2. The van der Waals surface area contributed by atoms with Gasteiger partial charge in [0.05, 0.1) is 20.6 Å². The number of amides is 1. The van der Waals surface area contributed by atoms with Gasteiger partial charge in [0, 0.05) is 25.1 Å². The van der Waals surface area contributed by atoms with E-state index in [1.807, 2.05) is 31.2 Å². The lowest BCUT2D eigenvalue weighted by Crippen LogP contribution is -2.38. The van der Waals surface area contributed by atoms with Crippen LogP contribution >= 0.6 is 11.3 Å². The monoisotopic (exact) mass is 404 g/mol. The summed E-state index contributed by atoms with van der Waals surface area (Å²) in [6.45, 7) is 3.20. The van der Waals surface area contributed by atoms with Crippen molar-refractivity contribution in [1.82, 2.24) is 9.88 Å². The maximum Gasteiger partial charge on any atom is 0.289 e. The molecule has 4 aromatic rings. The first kappa shape index (κ1) is 18.1. The Balaban J connectivity index is 1.34. The van der Waals surface area contributed by atoms with Gasteiger partial charge in [-0.1, -0.05) is 18.2 Å². The molecular weight excluding hydrogens is 384 g/mol. The van der Waals surface area contributed by atoms with E-state index in [-0.39, 0.29) is 17.1 Å². The summed E-state index contributed by atoms with van der Waals surface area (Å²) in [7, 11) is 0. The molecule has 0 saturated carbocycles.